The molecule has 2 rings (SSSR count). The fraction of sp³-hybridized carbons (Fsp3) is 0.833. The van der Waals surface area contributed by atoms with Crippen molar-refractivity contribution in [2.45, 2.75) is 38.3 Å². The molecule has 6 heteroatoms. The Bertz CT molecular complexity index is 347. The maximum absolute atomic E-state index is 12.3. The maximum Gasteiger partial charge on any atom is 0.326 e. The SMILES string of the molecule is CC1CCCN(C(=O)N2C[C@@H](O)C[C@H]2C(=O)O)C1. The van der Waals surface area contributed by atoms with E-state index in [9.17, 15) is 14.7 Å². The summed E-state index contributed by atoms with van der Waals surface area (Å²) in [5.41, 5.74) is 0. The van der Waals surface area contributed by atoms with Crippen LogP contribution in [0.5, 0.6) is 0 Å². The van der Waals surface area contributed by atoms with Crippen LogP contribution >= 0.6 is 0 Å². The molecule has 0 aromatic carbocycles. The Labute approximate surface area is 106 Å². The Hall–Kier alpha value is -1.30. The van der Waals surface area contributed by atoms with Crippen molar-refractivity contribution in [3.8, 4) is 0 Å². The van der Waals surface area contributed by atoms with Gasteiger partial charge in [-0.05, 0) is 18.8 Å². The Morgan fingerprint density at radius 2 is 2.00 bits per heavy atom. The van der Waals surface area contributed by atoms with Crippen molar-refractivity contribution >= 4 is 12.0 Å². The molecule has 2 fully saturated rings. The first-order valence-corrected chi connectivity index (χ1v) is 6.45. The highest BCUT2D eigenvalue weighted by Gasteiger charge is 2.41. The molecule has 2 aliphatic rings. The van der Waals surface area contributed by atoms with E-state index in [0.29, 0.717) is 19.0 Å². The minimum Gasteiger partial charge on any atom is -0.480 e. The van der Waals surface area contributed by atoms with Crippen LogP contribution in [0.25, 0.3) is 0 Å². The van der Waals surface area contributed by atoms with Gasteiger partial charge < -0.3 is 20.0 Å². The first-order valence-electron chi connectivity index (χ1n) is 6.45. The summed E-state index contributed by atoms with van der Waals surface area (Å²) in [6.45, 7) is 3.58. The molecule has 0 saturated carbocycles. The molecule has 2 amide bonds. The summed E-state index contributed by atoms with van der Waals surface area (Å²) < 4.78 is 0. The van der Waals surface area contributed by atoms with Crippen molar-refractivity contribution < 1.29 is 19.8 Å². The number of carboxylic acid groups (broad SMARTS) is 1. The van der Waals surface area contributed by atoms with E-state index in [2.05, 4.69) is 6.92 Å². The first-order chi connectivity index (χ1) is 8.49. The third-order valence-corrected chi connectivity index (χ3v) is 3.74. The molecule has 6 nitrogen and oxygen atoms in total. The number of rotatable bonds is 1. The summed E-state index contributed by atoms with van der Waals surface area (Å²) in [7, 11) is 0. The molecule has 102 valence electrons. The summed E-state index contributed by atoms with van der Waals surface area (Å²) in [6, 6.07) is -1.13. The molecule has 18 heavy (non-hydrogen) atoms. The van der Waals surface area contributed by atoms with Gasteiger partial charge in [0.2, 0.25) is 0 Å². The third kappa shape index (κ3) is 2.58. The number of β-amino-alcohol motifs (C(OH)–C–C–N with tert-alkyl or cyclic N) is 1. The highest BCUT2D eigenvalue weighted by atomic mass is 16.4. The molecule has 0 aromatic heterocycles. The van der Waals surface area contributed by atoms with Crippen LogP contribution in [-0.4, -0.2) is 63.8 Å². The van der Waals surface area contributed by atoms with Gasteiger partial charge in [-0.3, -0.25) is 0 Å². The number of urea groups is 1. The minimum absolute atomic E-state index is 0.126. The Balaban J connectivity index is 2.05. The second-order valence-electron chi connectivity index (χ2n) is 5.37. The molecular formula is C12H20N2O4. The van der Waals surface area contributed by atoms with Crippen LogP contribution in [0.15, 0.2) is 0 Å². The number of piperidine rings is 1. The van der Waals surface area contributed by atoms with Gasteiger partial charge >= 0.3 is 12.0 Å². The lowest BCUT2D eigenvalue weighted by Gasteiger charge is -2.35. The largest absolute Gasteiger partial charge is 0.480 e. The lowest BCUT2D eigenvalue weighted by molar-refractivity contribution is -0.141. The Morgan fingerprint density at radius 3 is 2.61 bits per heavy atom. The summed E-state index contributed by atoms with van der Waals surface area (Å²) in [6.07, 6.45) is 1.47. The third-order valence-electron chi connectivity index (χ3n) is 3.74. The summed E-state index contributed by atoms with van der Waals surface area (Å²) in [4.78, 5) is 26.4. The number of aliphatic hydroxyl groups excluding tert-OH is 1. The van der Waals surface area contributed by atoms with Crippen molar-refractivity contribution in [2.75, 3.05) is 19.6 Å². The predicted octanol–water partition coefficient (Wildman–Crippen LogP) is 0.358. The van der Waals surface area contributed by atoms with Crippen molar-refractivity contribution in [3.05, 3.63) is 0 Å². The number of carbonyl (C=O) groups is 2. The first kappa shape index (κ1) is 13.1. The number of nitrogens with zero attached hydrogens (tertiary/aromatic N) is 2. The van der Waals surface area contributed by atoms with Gasteiger partial charge in [0.25, 0.3) is 0 Å². The Kier molecular flexibility index (Phi) is 3.75. The van der Waals surface area contributed by atoms with Crippen LogP contribution < -0.4 is 0 Å². The molecule has 0 radical (unpaired) electrons. The molecular weight excluding hydrogens is 236 g/mol. The molecule has 0 spiro atoms. The zero-order valence-electron chi connectivity index (χ0n) is 10.6. The van der Waals surface area contributed by atoms with Gasteiger partial charge in [-0.25, -0.2) is 9.59 Å². The number of aliphatic carboxylic acids is 1. The fourth-order valence-corrected chi connectivity index (χ4v) is 2.80. The van der Waals surface area contributed by atoms with Gasteiger partial charge in [0.05, 0.1) is 6.10 Å². The van der Waals surface area contributed by atoms with Crippen molar-refractivity contribution in [1.82, 2.24) is 9.80 Å². The van der Waals surface area contributed by atoms with E-state index in [0.717, 1.165) is 12.8 Å². The molecule has 2 saturated heterocycles. The molecule has 0 aromatic rings. The van der Waals surface area contributed by atoms with E-state index in [4.69, 9.17) is 5.11 Å². The van der Waals surface area contributed by atoms with Crippen LogP contribution in [0.1, 0.15) is 26.2 Å². The lowest BCUT2D eigenvalue weighted by atomic mass is 10.0. The second-order valence-corrected chi connectivity index (χ2v) is 5.37. The second kappa shape index (κ2) is 5.14. The summed E-state index contributed by atoms with van der Waals surface area (Å²) in [5, 5.41) is 18.6. The van der Waals surface area contributed by atoms with E-state index in [1.165, 1.54) is 4.90 Å². The van der Waals surface area contributed by atoms with E-state index >= 15 is 0 Å². The zero-order chi connectivity index (χ0) is 13.3. The number of hydrogen-bond donors (Lipinski definition) is 2. The standard InChI is InChI=1S/C12H20N2O4/c1-8-3-2-4-13(6-8)12(18)14-7-9(15)5-10(14)11(16)17/h8-10,15H,2-7H2,1H3,(H,16,17)/t8?,9-,10-/m0/s1. The molecule has 2 aliphatic heterocycles. The smallest absolute Gasteiger partial charge is 0.326 e. The summed E-state index contributed by atoms with van der Waals surface area (Å²) >= 11 is 0. The molecule has 1 unspecified atom stereocenters. The minimum atomic E-state index is -1.04. The number of likely N-dealkylation sites (tertiary alicyclic amines) is 2. The van der Waals surface area contributed by atoms with Crippen LogP contribution in [-0.2, 0) is 4.79 Å². The van der Waals surface area contributed by atoms with Gasteiger partial charge in [0, 0.05) is 26.1 Å². The quantitative estimate of drug-likeness (QED) is 0.709. The normalized spacial score (nSPS) is 32.7. The van der Waals surface area contributed by atoms with Gasteiger partial charge in [-0.2, -0.15) is 0 Å². The zero-order valence-corrected chi connectivity index (χ0v) is 10.6. The average molecular weight is 256 g/mol. The van der Waals surface area contributed by atoms with Crippen LogP contribution in [0.2, 0.25) is 0 Å². The van der Waals surface area contributed by atoms with Gasteiger partial charge in [0.1, 0.15) is 6.04 Å². The van der Waals surface area contributed by atoms with Gasteiger partial charge in [0.15, 0.2) is 0 Å². The fourth-order valence-electron chi connectivity index (χ4n) is 2.80. The van der Waals surface area contributed by atoms with Gasteiger partial charge in [-0.15, -0.1) is 0 Å². The molecule has 2 N–H and O–H groups in total. The lowest BCUT2D eigenvalue weighted by Crippen LogP contribution is -2.50. The van der Waals surface area contributed by atoms with Gasteiger partial charge in [-0.1, -0.05) is 6.92 Å². The summed E-state index contributed by atoms with van der Waals surface area (Å²) in [5.74, 6) is -0.580. The molecule has 2 heterocycles. The van der Waals surface area contributed by atoms with E-state index in [1.807, 2.05) is 0 Å². The molecule has 0 aliphatic carbocycles. The number of hydrogen-bond acceptors (Lipinski definition) is 3. The predicted molar refractivity (Wildman–Crippen MR) is 64.1 cm³/mol. The van der Waals surface area contributed by atoms with Crippen LogP contribution in [0.3, 0.4) is 0 Å². The molecule has 0 bridgehead atoms. The number of carboxylic acids is 1. The topological polar surface area (TPSA) is 81.1 Å². The number of amides is 2. The van der Waals surface area contributed by atoms with Crippen molar-refractivity contribution in [3.63, 3.8) is 0 Å². The highest BCUT2D eigenvalue weighted by Crippen LogP contribution is 2.23. The number of carbonyl (C=O) groups excluding carboxylic acids is 1. The van der Waals surface area contributed by atoms with Crippen molar-refractivity contribution in [1.29, 1.82) is 0 Å². The monoisotopic (exact) mass is 256 g/mol. The van der Waals surface area contributed by atoms with E-state index in [-0.39, 0.29) is 19.0 Å². The average Bonchev–Trinajstić information content (AvgIpc) is 2.70. The van der Waals surface area contributed by atoms with E-state index < -0.39 is 18.1 Å². The Morgan fingerprint density at radius 1 is 1.28 bits per heavy atom. The van der Waals surface area contributed by atoms with Crippen LogP contribution in [0, 0.1) is 5.92 Å². The molecule has 3 atom stereocenters. The van der Waals surface area contributed by atoms with Crippen LogP contribution in [0.4, 0.5) is 4.79 Å². The van der Waals surface area contributed by atoms with Crippen molar-refractivity contribution in [2.24, 2.45) is 5.92 Å². The maximum atomic E-state index is 12.3. The number of aliphatic hydroxyl groups is 1. The van der Waals surface area contributed by atoms with E-state index in [1.54, 1.807) is 4.90 Å². The highest BCUT2D eigenvalue weighted by molar-refractivity contribution is 5.83.